The van der Waals surface area contributed by atoms with Crippen LogP contribution in [0.1, 0.15) is 162 Å². The van der Waals surface area contributed by atoms with Crippen molar-refractivity contribution in [3.63, 3.8) is 0 Å². The van der Waals surface area contributed by atoms with E-state index >= 15 is 0 Å². The average molecular weight is 623 g/mol. The predicted molar refractivity (Wildman–Crippen MR) is 177 cm³/mol. The molecule has 1 saturated heterocycles. The van der Waals surface area contributed by atoms with Gasteiger partial charge in [0.1, 0.15) is 6.10 Å². The van der Waals surface area contributed by atoms with Crippen molar-refractivity contribution in [2.24, 2.45) is 0 Å². The van der Waals surface area contributed by atoms with E-state index in [0.717, 1.165) is 51.4 Å². The number of unbranched alkanes of at least 4 members (excludes halogenated alkanes) is 12. The van der Waals surface area contributed by atoms with Crippen LogP contribution in [-0.2, 0) is 14.3 Å². The Morgan fingerprint density at radius 2 is 1.41 bits per heavy atom. The Bertz CT molecular complexity index is 797. The Balaban J connectivity index is 1.43. The maximum atomic E-state index is 11.7. The van der Waals surface area contributed by atoms with Crippen molar-refractivity contribution in [2.45, 2.75) is 204 Å². The zero-order valence-corrected chi connectivity index (χ0v) is 28.1. The molecule has 2 aliphatic rings. The maximum Gasteiger partial charge on any atom is 0.334 e. The molecule has 0 saturated carbocycles. The fourth-order valence-corrected chi connectivity index (χ4v) is 6.46. The molecule has 0 aromatic carbocycles. The van der Waals surface area contributed by atoms with Gasteiger partial charge in [-0.15, -0.1) is 0 Å². The van der Waals surface area contributed by atoms with Crippen LogP contribution in [0.4, 0.5) is 0 Å². The summed E-state index contributed by atoms with van der Waals surface area (Å²) in [4.78, 5) is 11.7. The molecular formula is C37H66O7. The van der Waals surface area contributed by atoms with E-state index in [0.29, 0.717) is 37.7 Å². The quantitative estimate of drug-likeness (QED) is 0.0423. The minimum absolute atomic E-state index is 0.141. The van der Waals surface area contributed by atoms with Crippen molar-refractivity contribution in [3.8, 4) is 0 Å². The van der Waals surface area contributed by atoms with Gasteiger partial charge in [-0.05, 0) is 77.2 Å². The zero-order valence-electron chi connectivity index (χ0n) is 28.1. The molecule has 0 bridgehead atoms. The number of carbonyl (C=O) groups is 1. The number of aliphatic hydroxyl groups excluding tert-OH is 4. The first-order valence-corrected chi connectivity index (χ1v) is 18.2. The van der Waals surface area contributed by atoms with Gasteiger partial charge in [0.25, 0.3) is 0 Å². The number of rotatable bonds is 27. The van der Waals surface area contributed by atoms with Gasteiger partial charge < -0.3 is 29.9 Å². The summed E-state index contributed by atoms with van der Waals surface area (Å²) in [6, 6.07) is 0. The molecule has 1 fully saturated rings. The highest BCUT2D eigenvalue weighted by Gasteiger charge is 2.31. The van der Waals surface area contributed by atoms with Gasteiger partial charge in [0.05, 0.1) is 36.6 Å². The van der Waals surface area contributed by atoms with Crippen LogP contribution in [-0.4, -0.2) is 69.1 Å². The first kappa shape index (κ1) is 38.9. The third kappa shape index (κ3) is 17.4. The third-order valence-electron chi connectivity index (χ3n) is 9.30. The van der Waals surface area contributed by atoms with Crippen LogP contribution in [0.15, 0.2) is 23.8 Å². The van der Waals surface area contributed by atoms with E-state index in [1.165, 1.54) is 64.2 Å². The highest BCUT2D eigenvalue weighted by molar-refractivity contribution is 5.90. The number of carbonyl (C=O) groups excluding carboxylic acids is 1. The standard InChI is InChI=1S/C37H66O7/c1-3-4-5-6-7-8-9-10-11-12-13-14-15-19-22-33(39)34(40)24-25-35(41)36-26-23-32(44-36)21-18-16-17-20-31(38)28-30-27-29(2)43-37(30)42/h14-15,27,29,31-36,38-41H,3-13,16-26,28H2,1-2H3/b15-14+. The molecule has 7 atom stereocenters. The Hall–Kier alpha value is -1.25. The summed E-state index contributed by atoms with van der Waals surface area (Å²) in [7, 11) is 0. The fraction of sp³-hybridized carbons (Fsp3) is 0.865. The normalized spacial score (nSPS) is 23.2. The Labute approximate surface area is 268 Å². The summed E-state index contributed by atoms with van der Waals surface area (Å²) in [5.41, 5.74) is 0.582. The van der Waals surface area contributed by atoms with Crippen molar-refractivity contribution in [1.29, 1.82) is 0 Å². The summed E-state index contributed by atoms with van der Waals surface area (Å²) in [5.74, 6) is -0.310. The molecule has 4 N–H and O–H groups in total. The predicted octanol–water partition coefficient (Wildman–Crippen LogP) is 7.62. The van der Waals surface area contributed by atoms with Crippen molar-refractivity contribution >= 4 is 5.97 Å². The monoisotopic (exact) mass is 622 g/mol. The molecule has 0 amide bonds. The van der Waals surface area contributed by atoms with E-state index in [1.54, 1.807) is 6.08 Å². The van der Waals surface area contributed by atoms with Crippen LogP contribution in [0.5, 0.6) is 0 Å². The van der Waals surface area contributed by atoms with Crippen molar-refractivity contribution in [1.82, 2.24) is 0 Å². The van der Waals surface area contributed by atoms with Gasteiger partial charge >= 0.3 is 5.97 Å². The second-order valence-corrected chi connectivity index (χ2v) is 13.5. The van der Waals surface area contributed by atoms with Crippen LogP contribution < -0.4 is 0 Å². The van der Waals surface area contributed by atoms with Gasteiger partial charge in [-0.1, -0.05) is 96.1 Å². The van der Waals surface area contributed by atoms with Gasteiger partial charge in [0.15, 0.2) is 0 Å². The van der Waals surface area contributed by atoms with E-state index < -0.39 is 24.4 Å². The molecule has 0 aromatic heterocycles. The van der Waals surface area contributed by atoms with Crippen LogP contribution in [0.2, 0.25) is 0 Å². The summed E-state index contributed by atoms with van der Waals surface area (Å²) in [6.07, 6.45) is 26.3. The van der Waals surface area contributed by atoms with E-state index in [2.05, 4.69) is 19.1 Å². The number of hydrogen-bond acceptors (Lipinski definition) is 7. The van der Waals surface area contributed by atoms with Gasteiger partial charge in [-0.25, -0.2) is 4.79 Å². The minimum Gasteiger partial charge on any atom is -0.455 e. The number of esters is 1. The first-order valence-electron chi connectivity index (χ1n) is 18.2. The second-order valence-electron chi connectivity index (χ2n) is 13.5. The summed E-state index contributed by atoms with van der Waals surface area (Å²) in [5, 5.41) is 41.6. The second kappa shape index (κ2) is 24.0. The molecule has 44 heavy (non-hydrogen) atoms. The maximum absolute atomic E-state index is 11.7. The van der Waals surface area contributed by atoms with Crippen LogP contribution >= 0.6 is 0 Å². The van der Waals surface area contributed by atoms with E-state index in [-0.39, 0.29) is 24.3 Å². The number of aliphatic hydroxyl groups is 4. The summed E-state index contributed by atoms with van der Waals surface area (Å²) >= 11 is 0. The van der Waals surface area contributed by atoms with E-state index in [4.69, 9.17) is 9.47 Å². The van der Waals surface area contributed by atoms with E-state index in [1.807, 2.05) is 6.92 Å². The molecule has 7 unspecified atom stereocenters. The van der Waals surface area contributed by atoms with E-state index in [9.17, 15) is 25.2 Å². The Kier molecular flexibility index (Phi) is 21.2. The summed E-state index contributed by atoms with van der Waals surface area (Å²) < 4.78 is 11.2. The zero-order chi connectivity index (χ0) is 32.0. The molecule has 7 heteroatoms. The van der Waals surface area contributed by atoms with Gasteiger partial charge in [-0.3, -0.25) is 0 Å². The molecule has 256 valence electrons. The molecule has 7 nitrogen and oxygen atoms in total. The fourth-order valence-electron chi connectivity index (χ4n) is 6.46. The molecule has 0 aliphatic carbocycles. The molecule has 2 aliphatic heterocycles. The Morgan fingerprint density at radius 1 is 0.773 bits per heavy atom. The topological polar surface area (TPSA) is 116 Å². The molecule has 0 radical (unpaired) electrons. The molecule has 2 rings (SSSR count). The number of hydrogen-bond donors (Lipinski definition) is 4. The SMILES string of the molecule is CCCCCCCCCCCC/C=C/CCC(O)C(O)CCC(O)C1CCC(CCCCCC(O)CC2=CC(C)OC2=O)O1. The third-order valence-corrected chi connectivity index (χ3v) is 9.30. The van der Waals surface area contributed by atoms with Gasteiger partial charge in [0.2, 0.25) is 0 Å². The minimum atomic E-state index is -0.827. The molecular weight excluding hydrogens is 556 g/mol. The molecule has 2 heterocycles. The highest BCUT2D eigenvalue weighted by Crippen LogP contribution is 2.28. The van der Waals surface area contributed by atoms with Crippen LogP contribution in [0.3, 0.4) is 0 Å². The Morgan fingerprint density at radius 3 is 2.09 bits per heavy atom. The highest BCUT2D eigenvalue weighted by atomic mass is 16.5. The average Bonchev–Trinajstić information content (AvgIpc) is 3.60. The lowest BCUT2D eigenvalue weighted by Gasteiger charge is -2.22. The van der Waals surface area contributed by atoms with Gasteiger partial charge in [-0.2, -0.15) is 0 Å². The van der Waals surface area contributed by atoms with Crippen molar-refractivity contribution < 1.29 is 34.7 Å². The van der Waals surface area contributed by atoms with Crippen LogP contribution in [0, 0.1) is 0 Å². The largest absolute Gasteiger partial charge is 0.455 e. The van der Waals surface area contributed by atoms with Crippen molar-refractivity contribution in [2.75, 3.05) is 0 Å². The number of ether oxygens (including phenoxy) is 2. The number of allylic oxidation sites excluding steroid dienone is 2. The smallest absolute Gasteiger partial charge is 0.334 e. The van der Waals surface area contributed by atoms with Gasteiger partial charge in [0, 0.05) is 12.0 Å². The lowest BCUT2D eigenvalue weighted by atomic mass is 9.98. The number of cyclic esters (lactones) is 1. The van der Waals surface area contributed by atoms with Crippen LogP contribution in [0.25, 0.3) is 0 Å². The van der Waals surface area contributed by atoms with Crippen molar-refractivity contribution in [3.05, 3.63) is 23.8 Å². The first-order chi connectivity index (χ1) is 21.3. The summed E-state index contributed by atoms with van der Waals surface area (Å²) in [6.45, 7) is 4.08. The lowest BCUT2D eigenvalue weighted by molar-refractivity contribution is -0.139. The molecule has 0 spiro atoms. The molecule has 0 aromatic rings. The lowest BCUT2D eigenvalue weighted by Crippen LogP contribution is -2.31.